The van der Waals surface area contributed by atoms with Crippen molar-refractivity contribution in [1.82, 2.24) is 0 Å². The molecule has 0 rings (SSSR count). The Balaban J connectivity index is 3.59. The third-order valence-electron chi connectivity index (χ3n) is 2.14. The molecule has 0 heterocycles. The van der Waals surface area contributed by atoms with Crippen LogP contribution < -0.4 is 5.73 Å². The Hall–Kier alpha value is -0.120. The highest BCUT2D eigenvalue weighted by atomic mass is 16.5. The van der Waals surface area contributed by atoms with Gasteiger partial charge in [-0.3, -0.25) is 0 Å². The first kappa shape index (κ1) is 12.9. The summed E-state index contributed by atoms with van der Waals surface area (Å²) in [7, 11) is 0. The lowest BCUT2D eigenvalue weighted by Gasteiger charge is -2.21. The molecule has 0 aromatic rings. The number of aliphatic hydroxyl groups excluding tert-OH is 1. The molecular weight excluding hydrogens is 166 g/mol. The Morgan fingerprint density at radius 2 is 2.00 bits per heavy atom. The first-order valence-electron chi connectivity index (χ1n) is 5.09. The Kier molecular flexibility index (Phi) is 7.23. The minimum Gasteiger partial charge on any atom is -0.394 e. The topological polar surface area (TPSA) is 55.5 Å². The molecule has 3 atom stereocenters. The van der Waals surface area contributed by atoms with E-state index in [1.54, 1.807) is 0 Å². The minimum atomic E-state index is -0.209. The lowest BCUT2D eigenvalue weighted by atomic mass is 10.1. The molecule has 0 aliphatic carbocycles. The van der Waals surface area contributed by atoms with Gasteiger partial charge in [0.05, 0.1) is 12.7 Å². The molecule has 0 aromatic carbocycles. The van der Waals surface area contributed by atoms with Crippen molar-refractivity contribution in [2.75, 3.05) is 13.2 Å². The van der Waals surface area contributed by atoms with E-state index in [4.69, 9.17) is 15.6 Å². The first-order valence-corrected chi connectivity index (χ1v) is 5.09. The van der Waals surface area contributed by atoms with Gasteiger partial charge in [-0.05, 0) is 19.3 Å². The lowest BCUT2D eigenvalue weighted by Crippen LogP contribution is -2.37. The van der Waals surface area contributed by atoms with Crippen molar-refractivity contribution >= 4 is 0 Å². The number of nitrogens with two attached hydrogens (primary N) is 1. The van der Waals surface area contributed by atoms with Gasteiger partial charge in [-0.2, -0.15) is 0 Å². The summed E-state index contributed by atoms with van der Waals surface area (Å²) < 4.78 is 5.49. The van der Waals surface area contributed by atoms with Gasteiger partial charge in [-0.1, -0.05) is 20.3 Å². The highest BCUT2D eigenvalue weighted by Gasteiger charge is 2.13. The van der Waals surface area contributed by atoms with Crippen LogP contribution in [0.25, 0.3) is 0 Å². The zero-order chi connectivity index (χ0) is 10.3. The smallest absolute Gasteiger partial charge is 0.0953 e. The number of ether oxygens (including phenoxy) is 1. The van der Waals surface area contributed by atoms with Gasteiger partial charge in [0.15, 0.2) is 0 Å². The van der Waals surface area contributed by atoms with E-state index < -0.39 is 0 Å². The zero-order valence-electron chi connectivity index (χ0n) is 8.99. The Morgan fingerprint density at radius 3 is 2.38 bits per heavy atom. The first-order chi connectivity index (χ1) is 6.11. The SMILES string of the molecule is CCCC(C)COC(CO)C(C)N. The molecule has 0 saturated heterocycles. The number of hydrogen-bond donors (Lipinski definition) is 2. The Labute approximate surface area is 81.3 Å². The predicted octanol–water partition coefficient (Wildman–Crippen LogP) is 1.15. The van der Waals surface area contributed by atoms with E-state index >= 15 is 0 Å². The molecule has 3 unspecified atom stereocenters. The van der Waals surface area contributed by atoms with Gasteiger partial charge in [0, 0.05) is 12.6 Å². The van der Waals surface area contributed by atoms with Crippen LogP contribution >= 0.6 is 0 Å². The highest BCUT2D eigenvalue weighted by molar-refractivity contribution is 4.67. The minimum absolute atomic E-state index is 0.0104. The summed E-state index contributed by atoms with van der Waals surface area (Å²) in [5, 5.41) is 8.93. The molecule has 0 fully saturated rings. The van der Waals surface area contributed by atoms with E-state index in [1.807, 2.05) is 6.92 Å². The van der Waals surface area contributed by atoms with Crippen LogP contribution in [-0.4, -0.2) is 30.5 Å². The Bertz CT molecular complexity index is 117. The van der Waals surface area contributed by atoms with E-state index in [1.165, 1.54) is 6.42 Å². The van der Waals surface area contributed by atoms with Gasteiger partial charge in [-0.25, -0.2) is 0 Å². The van der Waals surface area contributed by atoms with Gasteiger partial charge >= 0.3 is 0 Å². The normalized spacial score (nSPS) is 18.2. The van der Waals surface area contributed by atoms with E-state index in [0.29, 0.717) is 12.5 Å². The highest BCUT2D eigenvalue weighted by Crippen LogP contribution is 2.07. The number of hydrogen-bond acceptors (Lipinski definition) is 3. The molecule has 0 amide bonds. The molecule has 3 N–H and O–H groups in total. The monoisotopic (exact) mass is 189 g/mol. The van der Waals surface area contributed by atoms with Crippen molar-refractivity contribution in [3.8, 4) is 0 Å². The maximum atomic E-state index is 8.93. The van der Waals surface area contributed by atoms with Crippen LogP contribution in [0, 0.1) is 5.92 Å². The molecule has 3 nitrogen and oxygen atoms in total. The average Bonchev–Trinajstić information content (AvgIpc) is 2.05. The molecule has 0 bridgehead atoms. The van der Waals surface area contributed by atoms with E-state index in [9.17, 15) is 0 Å². The number of aliphatic hydroxyl groups is 1. The van der Waals surface area contributed by atoms with Crippen LogP contribution in [0.4, 0.5) is 0 Å². The van der Waals surface area contributed by atoms with Crippen LogP contribution in [-0.2, 0) is 4.74 Å². The second-order valence-corrected chi connectivity index (χ2v) is 3.81. The van der Waals surface area contributed by atoms with Crippen molar-refractivity contribution in [1.29, 1.82) is 0 Å². The second kappa shape index (κ2) is 7.30. The van der Waals surface area contributed by atoms with Gasteiger partial charge in [0.25, 0.3) is 0 Å². The predicted molar refractivity (Wildman–Crippen MR) is 54.5 cm³/mol. The Morgan fingerprint density at radius 1 is 1.38 bits per heavy atom. The fraction of sp³-hybridized carbons (Fsp3) is 1.00. The standard InChI is InChI=1S/C10H23NO2/c1-4-5-8(2)7-13-10(6-12)9(3)11/h8-10,12H,4-7,11H2,1-3H3. The van der Waals surface area contributed by atoms with E-state index in [0.717, 1.165) is 6.42 Å². The van der Waals surface area contributed by atoms with Crippen LogP contribution in [0.2, 0.25) is 0 Å². The molecule has 0 aliphatic heterocycles. The molecule has 0 spiro atoms. The second-order valence-electron chi connectivity index (χ2n) is 3.81. The summed E-state index contributed by atoms with van der Waals surface area (Å²) in [5.41, 5.74) is 5.62. The maximum absolute atomic E-state index is 8.93. The summed E-state index contributed by atoms with van der Waals surface area (Å²) in [6.45, 7) is 6.87. The molecule has 0 radical (unpaired) electrons. The summed E-state index contributed by atoms with van der Waals surface area (Å²) in [6.07, 6.45) is 2.13. The maximum Gasteiger partial charge on any atom is 0.0953 e. The average molecular weight is 189 g/mol. The van der Waals surface area contributed by atoms with Crippen molar-refractivity contribution in [2.45, 2.75) is 45.8 Å². The summed E-state index contributed by atoms with van der Waals surface area (Å²) >= 11 is 0. The third-order valence-corrected chi connectivity index (χ3v) is 2.14. The van der Waals surface area contributed by atoms with Crippen LogP contribution in [0.15, 0.2) is 0 Å². The third kappa shape index (κ3) is 6.02. The molecular formula is C10H23NO2. The molecule has 80 valence electrons. The molecule has 13 heavy (non-hydrogen) atoms. The fourth-order valence-electron chi connectivity index (χ4n) is 1.23. The molecule has 3 heteroatoms. The van der Waals surface area contributed by atoms with Crippen LogP contribution in [0.1, 0.15) is 33.6 Å². The van der Waals surface area contributed by atoms with Crippen LogP contribution in [0.3, 0.4) is 0 Å². The molecule has 0 aliphatic rings. The summed E-state index contributed by atoms with van der Waals surface area (Å²) in [5.74, 6) is 0.554. The van der Waals surface area contributed by atoms with Gasteiger partial charge in [-0.15, -0.1) is 0 Å². The van der Waals surface area contributed by atoms with Gasteiger partial charge in [0.2, 0.25) is 0 Å². The largest absolute Gasteiger partial charge is 0.394 e. The van der Waals surface area contributed by atoms with Crippen molar-refractivity contribution in [3.63, 3.8) is 0 Å². The molecule has 0 saturated carbocycles. The van der Waals surface area contributed by atoms with Crippen molar-refractivity contribution in [3.05, 3.63) is 0 Å². The van der Waals surface area contributed by atoms with E-state index in [-0.39, 0.29) is 18.8 Å². The summed E-state index contributed by atoms with van der Waals surface area (Å²) in [6, 6.07) is -0.0983. The van der Waals surface area contributed by atoms with Gasteiger partial charge < -0.3 is 15.6 Å². The summed E-state index contributed by atoms with van der Waals surface area (Å²) in [4.78, 5) is 0. The zero-order valence-corrected chi connectivity index (χ0v) is 8.99. The number of rotatable bonds is 7. The quantitative estimate of drug-likeness (QED) is 0.631. The van der Waals surface area contributed by atoms with Crippen LogP contribution in [0.5, 0.6) is 0 Å². The van der Waals surface area contributed by atoms with Crippen molar-refractivity contribution in [2.24, 2.45) is 11.7 Å². The van der Waals surface area contributed by atoms with Crippen molar-refractivity contribution < 1.29 is 9.84 Å². The molecule has 0 aromatic heterocycles. The van der Waals surface area contributed by atoms with Gasteiger partial charge in [0.1, 0.15) is 0 Å². The van der Waals surface area contributed by atoms with E-state index in [2.05, 4.69) is 13.8 Å². The fourth-order valence-corrected chi connectivity index (χ4v) is 1.23. The lowest BCUT2D eigenvalue weighted by molar-refractivity contribution is -0.0141.